The summed E-state index contributed by atoms with van der Waals surface area (Å²) in [4.78, 5) is 27.8. The highest BCUT2D eigenvalue weighted by Crippen LogP contribution is 2.20. The van der Waals surface area contributed by atoms with Crippen molar-refractivity contribution in [2.24, 2.45) is 0 Å². The van der Waals surface area contributed by atoms with Gasteiger partial charge in [-0.05, 0) is 64.3 Å². The van der Waals surface area contributed by atoms with Crippen molar-refractivity contribution in [1.29, 1.82) is 0 Å². The number of nitrogens with one attached hydrogen (secondary N) is 1. The first kappa shape index (κ1) is 26.4. The molecule has 2 amide bonds. The number of benzene rings is 2. The van der Waals surface area contributed by atoms with Crippen molar-refractivity contribution < 1.29 is 18.0 Å². The Kier molecular flexibility index (Phi) is 8.66. The second kappa shape index (κ2) is 10.8. The van der Waals surface area contributed by atoms with Gasteiger partial charge in [-0.3, -0.25) is 13.9 Å². The summed E-state index contributed by atoms with van der Waals surface area (Å²) in [6.07, 6.45) is 1.62. The van der Waals surface area contributed by atoms with Gasteiger partial charge >= 0.3 is 0 Å². The Morgan fingerprint density at radius 1 is 1.03 bits per heavy atom. The van der Waals surface area contributed by atoms with Gasteiger partial charge in [-0.2, -0.15) is 0 Å². The van der Waals surface area contributed by atoms with E-state index in [1.165, 1.54) is 4.90 Å². The lowest BCUT2D eigenvalue weighted by Gasteiger charge is -2.33. The number of sulfonamides is 1. The maximum atomic E-state index is 13.4. The van der Waals surface area contributed by atoms with Crippen molar-refractivity contribution in [1.82, 2.24) is 10.2 Å². The summed E-state index contributed by atoms with van der Waals surface area (Å²) in [7, 11) is -3.72. The van der Waals surface area contributed by atoms with E-state index in [0.717, 1.165) is 21.7 Å². The first-order valence-corrected chi connectivity index (χ1v) is 12.8. The summed E-state index contributed by atoms with van der Waals surface area (Å²) < 4.78 is 26.2. The molecule has 2 aromatic carbocycles. The number of carbonyl (C=O) groups is 2. The fraction of sp³-hybridized carbons (Fsp3) is 0.440. The molecule has 7 nitrogen and oxygen atoms in total. The Morgan fingerprint density at radius 3 is 2.21 bits per heavy atom. The van der Waals surface area contributed by atoms with Crippen molar-refractivity contribution in [3.63, 3.8) is 0 Å². The van der Waals surface area contributed by atoms with Crippen LogP contribution in [0.1, 0.15) is 38.8 Å². The van der Waals surface area contributed by atoms with Crippen LogP contribution in [0, 0.1) is 6.92 Å². The third kappa shape index (κ3) is 8.20. The Bertz CT molecular complexity index is 1060. The molecule has 0 aliphatic rings. The molecule has 180 valence electrons. The highest BCUT2D eigenvalue weighted by molar-refractivity contribution is 7.92. The Morgan fingerprint density at radius 2 is 1.67 bits per heavy atom. The Balaban J connectivity index is 2.32. The van der Waals surface area contributed by atoms with Gasteiger partial charge in [0.25, 0.3) is 0 Å². The monoisotopic (exact) mass is 473 g/mol. The Hall–Kier alpha value is -2.87. The molecule has 0 unspecified atom stereocenters. The molecule has 0 saturated heterocycles. The fourth-order valence-corrected chi connectivity index (χ4v) is 4.28. The van der Waals surface area contributed by atoms with Crippen LogP contribution in [0.5, 0.6) is 0 Å². The second-order valence-corrected chi connectivity index (χ2v) is 11.3. The standard InChI is InChI=1S/C25H35N3O4S/c1-19-11-10-14-22(17-19)28(33(6,31)32)18-23(29)27(16-15-21-12-8-7-9-13-21)20(2)24(30)26-25(3,4)5/h7-14,17,20H,15-16,18H2,1-6H3,(H,26,30)/t20-/m0/s1. The minimum atomic E-state index is -3.72. The molecular weight excluding hydrogens is 438 g/mol. The van der Waals surface area contributed by atoms with E-state index < -0.39 is 27.5 Å². The zero-order chi connectivity index (χ0) is 24.8. The van der Waals surface area contributed by atoms with E-state index in [0.29, 0.717) is 12.1 Å². The van der Waals surface area contributed by atoms with Crippen molar-refractivity contribution in [3.8, 4) is 0 Å². The molecule has 2 rings (SSSR count). The van der Waals surface area contributed by atoms with Crippen LogP contribution in [0.2, 0.25) is 0 Å². The summed E-state index contributed by atoms with van der Waals surface area (Å²) in [5, 5.41) is 2.91. The van der Waals surface area contributed by atoms with E-state index >= 15 is 0 Å². The normalized spacial score (nSPS) is 12.7. The van der Waals surface area contributed by atoms with Gasteiger partial charge in [-0.15, -0.1) is 0 Å². The molecule has 1 atom stereocenters. The number of nitrogens with zero attached hydrogens (tertiary/aromatic N) is 2. The van der Waals surface area contributed by atoms with E-state index in [4.69, 9.17) is 0 Å². The Labute approximate surface area is 197 Å². The minimum Gasteiger partial charge on any atom is -0.350 e. The topological polar surface area (TPSA) is 86.8 Å². The predicted molar refractivity (Wildman–Crippen MR) is 133 cm³/mol. The van der Waals surface area contributed by atoms with Crippen molar-refractivity contribution in [2.75, 3.05) is 23.7 Å². The quantitative estimate of drug-likeness (QED) is 0.606. The lowest BCUT2D eigenvalue weighted by molar-refractivity contribution is -0.139. The molecule has 0 heterocycles. The number of aryl methyl sites for hydroxylation is 1. The van der Waals surface area contributed by atoms with Gasteiger partial charge in [0.1, 0.15) is 12.6 Å². The molecule has 0 bridgehead atoms. The van der Waals surface area contributed by atoms with Gasteiger partial charge in [-0.25, -0.2) is 8.42 Å². The van der Waals surface area contributed by atoms with Gasteiger partial charge in [0.15, 0.2) is 0 Å². The highest BCUT2D eigenvalue weighted by atomic mass is 32.2. The number of anilines is 1. The maximum Gasteiger partial charge on any atom is 0.244 e. The largest absolute Gasteiger partial charge is 0.350 e. The molecule has 8 heteroatoms. The van der Waals surface area contributed by atoms with Crippen molar-refractivity contribution in [2.45, 2.75) is 52.6 Å². The van der Waals surface area contributed by atoms with E-state index in [-0.39, 0.29) is 19.0 Å². The number of hydrogen-bond donors (Lipinski definition) is 1. The summed E-state index contributed by atoms with van der Waals surface area (Å²) in [6, 6.07) is 15.9. The SMILES string of the molecule is Cc1cccc(N(CC(=O)N(CCc2ccccc2)[C@@H](C)C(=O)NC(C)(C)C)S(C)(=O)=O)c1. The van der Waals surface area contributed by atoms with Gasteiger partial charge in [0.2, 0.25) is 21.8 Å². The lowest BCUT2D eigenvalue weighted by Crippen LogP contribution is -2.55. The average Bonchev–Trinajstić information content (AvgIpc) is 2.70. The van der Waals surface area contributed by atoms with Crippen molar-refractivity contribution >= 4 is 27.5 Å². The van der Waals surface area contributed by atoms with Crippen LogP contribution in [0.3, 0.4) is 0 Å². The van der Waals surface area contributed by atoms with E-state index in [1.807, 2.05) is 64.1 Å². The summed E-state index contributed by atoms with van der Waals surface area (Å²) >= 11 is 0. The predicted octanol–water partition coefficient (Wildman–Crippen LogP) is 3.14. The zero-order valence-electron chi connectivity index (χ0n) is 20.3. The highest BCUT2D eigenvalue weighted by Gasteiger charge is 2.31. The van der Waals surface area contributed by atoms with E-state index in [2.05, 4.69) is 5.32 Å². The van der Waals surface area contributed by atoms with E-state index in [9.17, 15) is 18.0 Å². The molecule has 0 spiro atoms. The minimum absolute atomic E-state index is 0.285. The fourth-order valence-electron chi connectivity index (χ4n) is 3.44. The third-order valence-electron chi connectivity index (χ3n) is 5.12. The van der Waals surface area contributed by atoms with Gasteiger partial charge < -0.3 is 10.2 Å². The second-order valence-electron chi connectivity index (χ2n) is 9.35. The number of rotatable bonds is 9. The molecule has 0 saturated carbocycles. The van der Waals surface area contributed by atoms with Crippen LogP contribution in [0.25, 0.3) is 0 Å². The molecule has 33 heavy (non-hydrogen) atoms. The van der Waals surface area contributed by atoms with Gasteiger partial charge in [-0.1, -0.05) is 42.5 Å². The lowest BCUT2D eigenvalue weighted by atomic mass is 10.1. The van der Waals surface area contributed by atoms with Crippen LogP contribution in [-0.2, 0) is 26.0 Å². The first-order chi connectivity index (χ1) is 15.3. The first-order valence-electron chi connectivity index (χ1n) is 11.0. The average molecular weight is 474 g/mol. The summed E-state index contributed by atoms with van der Waals surface area (Å²) in [5.74, 6) is -0.722. The smallest absolute Gasteiger partial charge is 0.244 e. The summed E-state index contributed by atoms with van der Waals surface area (Å²) in [6.45, 7) is 9.04. The van der Waals surface area contributed by atoms with Gasteiger partial charge in [0, 0.05) is 12.1 Å². The van der Waals surface area contributed by atoms with Crippen LogP contribution in [0.4, 0.5) is 5.69 Å². The third-order valence-corrected chi connectivity index (χ3v) is 6.26. The summed E-state index contributed by atoms with van der Waals surface area (Å²) in [5.41, 5.74) is 1.87. The molecular formula is C25H35N3O4S. The molecule has 2 aromatic rings. The van der Waals surface area contributed by atoms with Crippen LogP contribution < -0.4 is 9.62 Å². The van der Waals surface area contributed by atoms with Crippen LogP contribution in [0.15, 0.2) is 54.6 Å². The van der Waals surface area contributed by atoms with Crippen LogP contribution in [-0.4, -0.2) is 56.1 Å². The van der Waals surface area contributed by atoms with Crippen molar-refractivity contribution in [3.05, 3.63) is 65.7 Å². The molecule has 0 aromatic heterocycles. The molecule has 1 N–H and O–H groups in total. The zero-order valence-corrected chi connectivity index (χ0v) is 21.1. The number of hydrogen-bond acceptors (Lipinski definition) is 4. The maximum absolute atomic E-state index is 13.4. The molecule has 0 radical (unpaired) electrons. The molecule has 0 fully saturated rings. The van der Waals surface area contributed by atoms with E-state index in [1.54, 1.807) is 25.1 Å². The molecule has 0 aliphatic carbocycles. The number of carbonyl (C=O) groups excluding carboxylic acids is 2. The molecule has 0 aliphatic heterocycles. The van der Waals surface area contributed by atoms with Gasteiger partial charge in [0.05, 0.1) is 11.9 Å². The number of amides is 2. The van der Waals surface area contributed by atoms with Crippen LogP contribution >= 0.6 is 0 Å².